The van der Waals surface area contributed by atoms with Crippen LogP contribution in [0.2, 0.25) is 0 Å². The molecule has 0 saturated heterocycles. The van der Waals surface area contributed by atoms with Gasteiger partial charge in [-0.25, -0.2) is 0 Å². The van der Waals surface area contributed by atoms with Gasteiger partial charge < -0.3 is 18.9 Å². The topological polar surface area (TPSA) is 16.3 Å². The van der Waals surface area contributed by atoms with Crippen molar-refractivity contribution in [3.05, 3.63) is 210 Å². The molecule has 4 heterocycles. The summed E-state index contributed by atoms with van der Waals surface area (Å²) in [5.74, 6) is 0. The van der Waals surface area contributed by atoms with Crippen LogP contribution in [0.4, 0.5) is 34.1 Å². The molecular weight excluding hydrogens is 968 g/mol. The minimum atomic E-state index is -1.72. The molecule has 2 aliphatic heterocycles. The van der Waals surface area contributed by atoms with Crippen molar-refractivity contribution in [2.24, 2.45) is 5.41 Å². The first-order chi connectivity index (χ1) is 38.6. The van der Waals surface area contributed by atoms with Crippen LogP contribution < -0.4 is 26.2 Å². The van der Waals surface area contributed by atoms with E-state index in [4.69, 9.17) is 0 Å². The Hall–Kier alpha value is -7.76. The molecule has 0 aliphatic carbocycles. The van der Waals surface area contributed by atoms with Gasteiger partial charge in [0.2, 0.25) is 0 Å². The molecule has 13 rings (SSSR count). The zero-order chi connectivity index (χ0) is 58.0. The van der Waals surface area contributed by atoms with Gasteiger partial charge in [-0.15, -0.1) is 0 Å². The summed E-state index contributed by atoms with van der Waals surface area (Å²) in [6.45, 7) is 33.5. The third-order valence-corrected chi connectivity index (χ3v) is 17.1. The molecule has 80 heavy (non-hydrogen) atoms. The highest BCUT2D eigenvalue weighted by Gasteiger charge is 2.44. The summed E-state index contributed by atoms with van der Waals surface area (Å²) in [5, 5.41) is 5.00. The Morgan fingerprint density at radius 3 is 0.963 bits per heavy atom. The first kappa shape index (κ1) is 49.3. The minimum absolute atomic E-state index is 0.0249. The number of aromatic nitrogens is 2. The fraction of sp³-hybridized carbons (Fsp3) is 0.280. The second-order valence-electron chi connectivity index (χ2n) is 28.2. The van der Waals surface area contributed by atoms with E-state index in [9.17, 15) is 2.74 Å². The lowest BCUT2D eigenvalue weighted by atomic mass is 9.33. The molecule has 0 radical (unpaired) electrons. The van der Waals surface area contributed by atoms with Crippen LogP contribution in [-0.4, -0.2) is 15.8 Å². The Morgan fingerprint density at radius 1 is 0.338 bits per heavy atom. The second-order valence-corrected chi connectivity index (χ2v) is 28.2. The zero-order valence-corrected chi connectivity index (χ0v) is 49.7. The highest BCUT2D eigenvalue weighted by molar-refractivity contribution is 7.00. The monoisotopic (exact) mass is 1050 g/mol. The number of benzene rings is 9. The lowest BCUT2D eigenvalue weighted by molar-refractivity contribution is 0.411. The van der Waals surface area contributed by atoms with Crippen molar-refractivity contribution in [1.82, 2.24) is 9.13 Å². The predicted molar refractivity (Wildman–Crippen MR) is 347 cm³/mol. The predicted octanol–water partition coefficient (Wildman–Crippen LogP) is 18.7. The Bertz CT molecular complexity index is 3990. The highest BCUT2D eigenvalue weighted by Crippen LogP contribution is 2.48. The second kappa shape index (κ2) is 17.9. The largest absolute Gasteiger partial charge is 0.311 e. The number of hydrogen-bond acceptors (Lipinski definition) is 2. The van der Waals surface area contributed by atoms with E-state index in [-0.39, 0.29) is 28.4 Å². The zero-order valence-electron chi connectivity index (χ0n) is 51.7. The van der Waals surface area contributed by atoms with E-state index < -0.39 is 11.8 Å². The third kappa shape index (κ3) is 8.48. The van der Waals surface area contributed by atoms with Gasteiger partial charge in [-0.2, -0.15) is 0 Å². The Labute approximate surface area is 478 Å². The molecule has 0 unspecified atom stereocenters. The highest BCUT2D eigenvalue weighted by atomic mass is 15.2. The number of hydrogen-bond donors (Lipinski definition) is 0. The van der Waals surface area contributed by atoms with Gasteiger partial charge in [-0.1, -0.05) is 177 Å². The van der Waals surface area contributed by atoms with Crippen molar-refractivity contribution >= 4 is 101 Å². The lowest BCUT2D eigenvalue weighted by Crippen LogP contribution is -2.61. The molecule has 5 heteroatoms. The molecule has 0 atom stereocenters. The average molecular weight is 1050 g/mol. The summed E-state index contributed by atoms with van der Waals surface area (Å²) in [6, 6.07) is 68.5. The first-order valence-electron chi connectivity index (χ1n) is 30.0. The Morgan fingerprint density at radius 2 is 0.662 bits per heavy atom. The van der Waals surface area contributed by atoms with E-state index >= 15 is 0 Å². The molecule has 0 spiro atoms. The fourth-order valence-electron chi connectivity index (χ4n) is 12.9. The van der Waals surface area contributed by atoms with Crippen LogP contribution in [0, 0.1) is 5.41 Å². The van der Waals surface area contributed by atoms with Gasteiger partial charge in [0.05, 0.1) is 22.1 Å². The maximum absolute atomic E-state index is 10.1. The normalized spacial score (nSPS) is 14.5. The number of fused-ring (bicyclic) bond motifs is 10. The molecule has 0 N–H and O–H groups in total. The van der Waals surface area contributed by atoms with Crippen LogP contribution in [0.15, 0.2) is 182 Å². The van der Waals surface area contributed by atoms with Crippen LogP contribution in [0.5, 0.6) is 0 Å². The molecule has 400 valence electrons. The van der Waals surface area contributed by atoms with Gasteiger partial charge in [0.25, 0.3) is 6.71 Å². The number of rotatable bonds is 5. The maximum atomic E-state index is 10.1. The Balaban J connectivity index is 1.12. The van der Waals surface area contributed by atoms with Crippen LogP contribution >= 0.6 is 0 Å². The van der Waals surface area contributed by atoms with Gasteiger partial charge in [0, 0.05) is 69.8 Å². The summed E-state index contributed by atoms with van der Waals surface area (Å²) in [7, 11) is 0. The van der Waals surface area contributed by atoms with Crippen LogP contribution in [0.3, 0.4) is 0 Å². The number of para-hydroxylation sites is 2. The molecule has 0 saturated carbocycles. The SMILES string of the molecule is [2H]C([2H])(c1cc2c3c(c1)N(c1ccccc1)c1cc(-n4c5ccc(C(C)(C)C)cc5c5cc(C(C)(C)C)ccc54)ccc1B3c1ccc(-n3c4ccc(C(C)(C)C)cc4c4cc(C(C)(C)C)ccc43)cc1N2c1ccccc1)C(C)(C)C. The van der Waals surface area contributed by atoms with Crippen LogP contribution in [0.1, 0.15) is 134 Å². The molecule has 2 aliphatic rings. The van der Waals surface area contributed by atoms with Crippen molar-refractivity contribution in [2.45, 2.75) is 132 Å². The molecule has 0 fully saturated rings. The van der Waals surface area contributed by atoms with Crippen LogP contribution in [0.25, 0.3) is 55.0 Å². The first-order valence-corrected chi connectivity index (χ1v) is 29.0. The van der Waals surface area contributed by atoms with E-state index in [0.29, 0.717) is 5.56 Å². The molecule has 2 aromatic heterocycles. The van der Waals surface area contributed by atoms with Crippen molar-refractivity contribution in [3.8, 4) is 11.4 Å². The van der Waals surface area contributed by atoms with Crippen molar-refractivity contribution in [2.75, 3.05) is 9.80 Å². The fourth-order valence-corrected chi connectivity index (χ4v) is 12.9. The quantitative estimate of drug-likeness (QED) is 0.160. The van der Waals surface area contributed by atoms with Gasteiger partial charge in [-0.3, -0.25) is 0 Å². The summed E-state index contributed by atoms with van der Waals surface area (Å²) >= 11 is 0. The molecule has 0 bridgehead atoms. The summed E-state index contributed by atoms with van der Waals surface area (Å²) in [6.07, 6.45) is -1.72. The Kier molecular flexibility index (Phi) is 11.0. The summed E-state index contributed by atoms with van der Waals surface area (Å²) in [4.78, 5) is 4.86. The number of nitrogens with zero attached hydrogens (tertiary/aromatic N) is 4. The molecular formula is C75H77BN4. The van der Waals surface area contributed by atoms with Crippen molar-refractivity contribution in [3.63, 3.8) is 0 Å². The van der Waals surface area contributed by atoms with Gasteiger partial charge in [-0.05, 0) is 187 Å². The lowest BCUT2D eigenvalue weighted by Gasteiger charge is -2.45. The van der Waals surface area contributed by atoms with E-state index in [0.717, 1.165) is 51.0 Å². The van der Waals surface area contributed by atoms with Gasteiger partial charge in [0.1, 0.15) is 0 Å². The van der Waals surface area contributed by atoms with E-state index in [1.807, 2.05) is 20.8 Å². The summed E-state index contributed by atoms with van der Waals surface area (Å²) in [5.41, 5.74) is 21.6. The standard InChI is InChI=1S/C75H77BN4/c1-71(2,3)46-47-38-68-70-69(39-47)78(53-24-20-17-21-25-53)67-45-55(80-64-36-28-50(74(10,11)12)42-58(64)59-43-51(75(13,14)15)29-37-65(59)80)31-33-61(67)76(70)60-32-30-54(44-66(60)77(68)52-22-18-16-19-23-52)79-62-34-26-48(72(4,5)6)40-56(62)57-41-49(73(7,8)9)27-35-63(57)79/h16-45H,46H2,1-15H3/i46D2. The minimum Gasteiger partial charge on any atom is -0.311 e. The van der Waals surface area contributed by atoms with Gasteiger partial charge in [0.15, 0.2) is 0 Å². The van der Waals surface area contributed by atoms with Crippen LogP contribution in [-0.2, 0) is 28.0 Å². The van der Waals surface area contributed by atoms with E-state index in [1.165, 1.54) is 76.8 Å². The smallest absolute Gasteiger partial charge is 0.252 e. The molecule has 9 aromatic carbocycles. The average Bonchev–Trinajstić information content (AvgIpc) is 1.68. The van der Waals surface area contributed by atoms with E-state index in [2.05, 4.69) is 284 Å². The summed E-state index contributed by atoms with van der Waals surface area (Å²) < 4.78 is 25.2. The van der Waals surface area contributed by atoms with Crippen molar-refractivity contribution < 1.29 is 2.74 Å². The van der Waals surface area contributed by atoms with Crippen molar-refractivity contribution in [1.29, 1.82) is 0 Å². The molecule has 0 amide bonds. The number of anilines is 6. The van der Waals surface area contributed by atoms with Gasteiger partial charge >= 0.3 is 0 Å². The molecule has 4 nitrogen and oxygen atoms in total. The maximum Gasteiger partial charge on any atom is 0.252 e. The van der Waals surface area contributed by atoms with E-state index in [1.54, 1.807) is 0 Å². The molecule has 11 aromatic rings. The third-order valence-electron chi connectivity index (χ3n) is 17.1.